The van der Waals surface area contributed by atoms with Crippen molar-refractivity contribution in [2.24, 2.45) is 23.7 Å². The molecule has 3 saturated carbocycles. The Kier molecular flexibility index (Phi) is 2.32. The van der Waals surface area contributed by atoms with Crippen molar-refractivity contribution in [2.75, 3.05) is 5.32 Å². The first-order valence-electron chi connectivity index (χ1n) is 7.51. The van der Waals surface area contributed by atoms with Crippen LogP contribution < -0.4 is 10.9 Å². The number of H-pyrrole nitrogens is 1. The SMILES string of the molecule is CC(C)c1nc(NC2C3C4CCC(C4)C23)cc(=O)[nH]1. The fourth-order valence-corrected chi connectivity index (χ4v) is 4.51. The van der Waals surface area contributed by atoms with E-state index in [0.29, 0.717) is 6.04 Å². The number of aromatic nitrogens is 2. The van der Waals surface area contributed by atoms with Gasteiger partial charge in [-0.2, -0.15) is 0 Å². The molecule has 3 aliphatic rings. The summed E-state index contributed by atoms with van der Waals surface area (Å²) in [5.41, 5.74) is -0.0463. The zero-order chi connectivity index (χ0) is 13.1. The minimum atomic E-state index is -0.0463. The van der Waals surface area contributed by atoms with Crippen LogP contribution in [0.15, 0.2) is 10.9 Å². The topological polar surface area (TPSA) is 57.8 Å². The fraction of sp³-hybridized carbons (Fsp3) is 0.733. The van der Waals surface area contributed by atoms with Crippen molar-refractivity contribution in [3.8, 4) is 0 Å². The van der Waals surface area contributed by atoms with Gasteiger partial charge in [0.05, 0.1) is 0 Å². The van der Waals surface area contributed by atoms with Gasteiger partial charge in [0.1, 0.15) is 11.6 Å². The van der Waals surface area contributed by atoms with Crippen molar-refractivity contribution < 1.29 is 0 Å². The van der Waals surface area contributed by atoms with E-state index in [1.165, 1.54) is 19.3 Å². The molecule has 3 aliphatic carbocycles. The molecule has 0 saturated heterocycles. The highest BCUT2D eigenvalue weighted by Crippen LogP contribution is 2.66. The second-order valence-corrected chi connectivity index (χ2v) is 6.83. The van der Waals surface area contributed by atoms with E-state index in [-0.39, 0.29) is 11.5 Å². The van der Waals surface area contributed by atoms with Crippen molar-refractivity contribution >= 4 is 5.82 Å². The molecule has 19 heavy (non-hydrogen) atoms. The van der Waals surface area contributed by atoms with E-state index >= 15 is 0 Å². The second kappa shape index (κ2) is 3.84. The Morgan fingerprint density at radius 3 is 2.63 bits per heavy atom. The van der Waals surface area contributed by atoms with Crippen molar-refractivity contribution in [1.82, 2.24) is 9.97 Å². The number of fused-ring (bicyclic) bond motifs is 5. The van der Waals surface area contributed by atoms with E-state index < -0.39 is 0 Å². The monoisotopic (exact) mass is 259 g/mol. The molecule has 0 spiro atoms. The predicted octanol–water partition coefficient (Wildman–Crippen LogP) is 2.35. The Hall–Kier alpha value is -1.32. The molecule has 0 aliphatic heterocycles. The molecule has 4 atom stereocenters. The average Bonchev–Trinajstić information content (AvgIpc) is 2.77. The molecular weight excluding hydrogens is 238 g/mol. The number of aromatic amines is 1. The summed E-state index contributed by atoms with van der Waals surface area (Å²) in [4.78, 5) is 19.0. The maximum absolute atomic E-state index is 11.7. The minimum Gasteiger partial charge on any atom is -0.367 e. The number of nitrogens with zero attached hydrogens (tertiary/aromatic N) is 1. The second-order valence-electron chi connectivity index (χ2n) is 6.83. The van der Waals surface area contributed by atoms with Crippen LogP contribution in [0.5, 0.6) is 0 Å². The summed E-state index contributed by atoms with van der Waals surface area (Å²) < 4.78 is 0. The highest BCUT2D eigenvalue weighted by molar-refractivity contribution is 5.40. The number of anilines is 1. The predicted molar refractivity (Wildman–Crippen MR) is 74.2 cm³/mol. The summed E-state index contributed by atoms with van der Waals surface area (Å²) in [6.07, 6.45) is 4.29. The lowest BCUT2D eigenvalue weighted by Gasteiger charge is -2.12. The van der Waals surface area contributed by atoms with Gasteiger partial charge in [-0.05, 0) is 42.9 Å². The van der Waals surface area contributed by atoms with Gasteiger partial charge in [0.15, 0.2) is 0 Å². The van der Waals surface area contributed by atoms with Crippen molar-refractivity contribution in [1.29, 1.82) is 0 Å². The average molecular weight is 259 g/mol. The molecule has 1 aromatic heterocycles. The van der Waals surface area contributed by atoms with Gasteiger partial charge in [0, 0.05) is 18.0 Å². The van der Waals surface area contributed by atoms with Gasteiger partial charge in [-0.3, -0.25) is 4.79 Å². The Bertz CT molecular complexity index is 549. The molecule has 1 aromatic rings. The molecule has 0 aromatic carbocycles. The summed E-state index contributed by atoms with van der Waals surface area (Å²) in [5.74, 6) is 5.42. The van der Waals surface area contributed by atoms with Gasteiger partial charge in [-0.1, -0.05) is 13.8 Å². The summed E-state index contributed by atoms with van der Waals surface area (Å²) in [5, 5.41) is 3.52. The fourth-order valence-electron chi connectivity index (χ4n) is 4.51. The van der Waals surface area contributed by atoms with Crippen LogP contribution in [0.25, 0.3) is 0 Å². The zero-order valence-electron chi connectivity index (χ0n) is 11.5. The summed E-state index contributed by atoms with van der Waals surface area (Å²) >= 11 is 0. The smallest absolute Gasteiger partial charge is 0.252 e. The molecule has 4 heteroatoms. The number of rotatable bonds is 3. The third-order valence-corrected chi connectivity index (χ3v) is 5.36. The maximum atomic E-state index is 11.7. The van der Waals surface area contributed by atoms with Crippen LogP contribution in [0.1, 0.15) is 44.9 Å². The quantitative estimate of drug-likeness (QED) is 0.876. The first-order valence-corrected chi connectivity index (χ1v) is 7.51. The lowest BCUT2D eigenvalue weighted by atomic mass is 10.0. The van der Waals surface area contributed by atoms with Gasteiger partial charge in [0.2, 0.25) is 0 Å². The Balaban J connectivity index is 1.54. The van der Waals surface area contributed by atoms with Gasteiger partial charge >= 0.3 is 0 Å². The molecule has 2 N–H and O–H groups in total. The Labute approximate surface area is 113 Å². The minimum absolute atomic E-state index is 0.0463. The molecule has 3 fully saturated rings. The molecule has 0 amide bonds. The van der Waals surface area contributed by atoms with Crippen LogP contribution in [-0.4, -0.2) is 16.0 Å². The van der Waals surface area contributed by atoms with Crippen LogP contribution in [0.2, 0.25) is 0 Å². The zero-order valence-corrected chi connectivity index (χ0v) is 11.5. The van der Waals surface area contributed by atoms with E-state index in [0.717, 1.165) is 35.3 Å². The number of hydrogen-bond acceptors (Lipinski definition) is 3. The van der Waals surface area contributed by atoms with Crippen molar-refractivity contribution in [3.05, 3.63) is 22.2 Å². The number of hydrogen-bond donors (Lipinski definition) is 2. The Morgan fingerprint density at radius 2 is 2.00 bits per heavy atom. The molecular formula is C15H21N3O. The molecule has 102 valence electrons. The Morgan fingerprint density at radius 1 is 1.32 bits per heavy atom. The summed E-state index contributed by atoms with van der Waals surface area (Å²) in [6.45, 7) is 4.10. The first kappa shape index (κ1) is 11.5. The lowest BCUT2D eigenvalue weighted by Crippen LogP contribution is -2.18. The third kappa shape index (κ3) is 1.72. The van der Waals surface area contributed by atoms with E-state index in [1.54, 1.807) is 6.07 Å². The van der Waals surface area contributed by atoms with E-state index in [2.05, 4.69) is 15.3 Å². The summed E-state index contributed by atoms with van der Waals surface area (Å²) in [7, 11) is 0. The summed E-state index contributed by atoms with van der Waals surface area (Å²) in [6, 6.07) is 2.18. The number of nitrogens with one attached hydrogen (secondary N) is 2. The van der Waals surface area contributed by atoms with Gasteiger partial charge < -0.3 is 10.3 Å². The van der Waals surface area contributed by atoms with E-state index in [9.17, 15) is 4.79 Å². The van der Waals surface area contributed by atoms with Crippen LogP contribution in [0, 0.1) is 23.7 Å². The van der Waals surface area contributed by atoms with Crippen molar-refractivity contribution in [2.45, 2.75) is 45.1 Å². The maximum Gasteiger partial charge on any atom is 0.252 e. The highest BCUT2D eigenvalue weighted by atomic mass is 16.1. The van der Waals surface area contributed by atoms with Crippen LogP contribution in [0.4, 0.5) is 5.82 Å². The van der Waals surface area contributed by atoms with Gasteiger partial charge in [-0.15, -0.1) is 0 Å². The van der Waals surface area contributed by atoms with Crippen LogP contribution in [-0.2, 0) is 0 Å². The normalized spacial score (nSPS) is 38.6. The van der Waals surface area contributed by atoms with Crippen molar-refractivity contribution in [3.63, 3.8) is 0 Å². The molecule has 0 radical (unpaired) electrons. The molecule has 4 unspecified atom stereocenters. The molecule has 2 bridgehead atoms. The molecule has 4 rings (SSSR count). The van der Waals surface area contributed by atoms with Crippen LogP contribution in [0.3, 0.4) is 0 Å². The largest absolute Gasteiger partial charge is 0.367 e. The van der Waals surface area contributed by atoms with Crippen LogP contribution >= 0.6 is 0 Å². The molecule has 1 heterocycles. The highest BCUT2D eigenvalue weighted by Gasteiger charge is 2.65. The molecule has 4 nitrogen and oxygen atoms in total. The van der Waals surface area contributed by atoms with Gasteiger partial charge in [0.25, 0.3) is 5.56 Å². The van der Waals surface area contributed by atoms with Gasteiger partial charge in [-0.25, -0.2) is 4.98 Å². The first-order chi connectivity index (χ1) is 9.13. The third-order valence-electron chi connectivity index (χ3n) is 5.36. The van der Waals surface area contributed by atoms with E-state index in [4.69, 9.17) is 0 Å². The lowest BCUT2D eigenvalue weighted by molar-refractivity contribution is 0.456. The standard InChI is InChI=1S/C15H21N3O/c1-7(2)15-17-10(6-11(19)18-15)16-14-12-8-3-4-9(5-8)13(12)14/h6-9,12-14H,3-5H2,1-2H3,(H2,16,17,18,19). The van der Waals surface area contributed by atoms with E-state index in [1.807, 2.05) is 13.8 Å².